The Labute approximate surface area is 157 Å². The van der Waals surface area contributed by atoms with E-state index in [9.17, 15) is 19.7 Å². The molecule has 0 unspecified atom stereocenters. The number of nitro benzene ring substituents is 1. The molecule has 2 aromatic rings. The number of nitro groups is 1. The monoisotopic (exact) mass is 367 g/mol. The first-order valence-electron chi connectivity index (χ1n) is 8.67. The van der Waals surface area contributed by atoms with Gasteiger partial charge in [0.25, 0.3) is 11.6 Å². The van der Waals surface area contributed by atoms with Gasteiger partial charge in [-0.2, -0.15) is 0 Å². The van der Waals surface area contributed by atoms with Crippen LogP contribution in [-0.4, -0.2) is 23.3 Å². The molecular weight excluding hydrogens is 346 g/mol. The van der Waals surface area contributed by atoms with Gasteiger partial charge in [-0.15, -0.1) is 0 Å². The van der Waals surface area contributed by atoms with E-state index in [-0.39, 0.29) is 17.2 Å². The van der Waals surface area contributed by atoms with Crippen molar-refractivity contribution in [3.63, 3.8) is 0 Å². The molecule has 7 nitrogen and oxygen atoms in total. The molecule has 27 heavy (non-hydrogen) atoms. The van der Waals surface area contributed by atoms with E-state index < -0.39 is 16.2 Å². The zero-order valence-electron chi connectivity index (χ0n) is 15.5. The van der Waals surface area contributed by atoms with E-state index in [4.69, 9.17) is 0 Å². The summed E-state index contributed by atoms with van der Waals surface area (Å²) in [5.41, 5.74) is 1.96. The van der Waals surface area contributed by atoms with Gasteiger partial charge < -0.3 is 10.2 Å². The Morgan fingerprint density at radius 3 is 2.56 bits per heavy atom. The highest BCUT2D eigenvalue weighted by molar-refractivity contribution is 6.05. The highest BCUT2D eigenvalue weighted by Gasteiger charge is 2.32. The molecule has 1 aliphatic heterocycles. The first-order chi connectivity index (χ1) is 12.7. The van der Waals surface area contributed by atoms with Crippen molar-refractivity contribution >= 4 is 28.9 Å². The van der Waals surface area contributed by atoms with Gasteiger partial charge in [0.1, 0.15) is 0 Å². The van der Waals surface area contributed by atoms with Gasteiger partial charge in [0.05, 0.1) is 4.92 Å². The predicted molar refractivity (Wildman–Crippen MR) is 103 cm³/mol. The number of rotatable bonds is 3. The lowest BCUT2D eigenvalue weighted by atomic mass is 9.94. The van der Waals surface area contributed by atoms with E-state index in [1.54, 1.807) is 17.0 Å². The third-order valence-electron chi connectivity index (χ3n) is 4.44. The van der Waals surface area contributed by atoms with Gasteiger partial charge in [-0.25, -0.2) is 0 Å². The summed E-state index contributed by atoms with van der Waals surface area (Å²) >= 11 is 0. The minimum Gasteiger partial charge on any atom is -0.322 e. The van der Waals surface area contributed by atoms with Crippen molar-refractivity contribution in [2.75, 3.05) is 16.8 Å². The largest absolute Gasteiger partial charge is 0.322 e. The predicted octanol–water partition coefficient (Wildman–Crippen LogP) is 3.78. The summed E-state index contributed by atoms with van der Waals surface area (Å²) in [6, 6.07) is 11.0. The Kier molecular flexibility index (Phi) is 4.70. The number of carbonyl (C=O) groups excluding carboxylic acids is 2. The molecule has 2 amide bonds. The Bertz CT molecular complexity index is 931. The van der Waals surface area contributed by atoms with Gasteiger partial charge in [-0.3, -0.25) is 19.7 Å². The quantitative estimate of drug-likeness (QED) is 0.660. The zero-order valence-corrected chi connectivity index (χ0v) is 15.5. The normalized spacial score (nSPS) is 13.2. The lowest BCUT2D eigenvalue weighted by molar-refractivity contribution is -0.384. The fraction of sp³-hybridized carbons (Fsp3) is 0.300. The van der Waals surface area contributed by atoms with Crippen LogP contribution >= 0.6 is 0 Å². The highest BCUT2D eigenvalue weighted by Crippen LogP contribution is 2.34. The van der Waals surface area contributed by atoms with E-state index in [0.717, 1.165) is 17.7 Å². The fourth-order valence-electron chi connectivity index (χ4n) is 3.04. The van der Waals surface area contributed by atoms with E-state index in [2.05, 4.69) is 5.32 Å². The average molecular weight is 367 g/mol. The van der Waals surface area contributed by atoms with Crippen molar-refractivity contribution in [1.82, 2.24) is 0 Å². The molecule has 140 valence electrons. The summed E-state index contributed by atoms with van der Waals surface area (Å²) in [7, 11) is 0. The SMILES string of the molecule is CC(C)(C)C(=O)N1CCc2ccc(NC(=O)c3cccc([N+](=O)[O-])c3)cc21. The Hall–Kier alpha value is -3.22. The van der Waals surface area contributed by atoms with E-state index in [1.165, 1.54) is 24.3 Å². The lowest BCUT2D eigenvalue weighted by Gasteiger charge is -2.26. The maximum absolute atomic E-state index is 12.7. The van der Waals surface area contributed by atoms with E-state index in [1.807, 2.05) is 26.8 Å². The number of benzene rings is 2. The molecule has 0 saturated heterocycles. The molecule has 2 aromatic carbocycles. The van der Waals surface area contributed by atoms with Crippen molar-refractivity contribution < 1.29 is 14.5 Å². The van der Waals surface area contributed by atoms with Crippen LogP contribution in [0, 0.1) is 15.5 Å². The van der Waals surface area contributed by atoms with E-state index in [0.29, 0.717) is 12.2 Å². The van der Waals surface area contributed by atoms with Gasteiger partial charge in [0, 0.05) is 41.0 Å². The molecule has 3 rings (SSSR count). The number of carbonyl (C=O) groups is 2. The smallest absolute Gasteiger partial charge is 0.270 e. The summed E-state index contributed by atoms with van der Waals surface area (Å²) in [6.07, 6.45) is 0.774. The van der Waals surface area contributed by atoms with Crippen LogP contribution in [0.15, 0.2) is 42.5 Å². The van der Waals surface area contributed by atoms with E-state index >= 15 is 0 Å². The average Bonchev–Trinajstić information content (AvgIpc) is 3.03. The first-order valence-corrected chi connectivity index (χ1v) is 8.67. The van der Waals surface area contributed by atoms with Crippen LogP contribution in [-0.2, 0) is 11.2 Å². The summed E-state index contributed by atoms with van der Waals surface area (Å²) < 4.78 is 0. The molecule has 0 fully saturated rings. The van der Waals surface area contributed by atoms with Crippen molar-refractivity contribution in [1.29, 1.82) is 0 Å². The van der Waals surface area contributed by atoms with Gasteiger partial charge in [0.2, 0.25) is 5.91 Å². The molecule has 0 aliphatic carbocycles. The van der Waals surface area contributed by atoms with Crippen molar-refractivity contribution in [2.45, 2.75) is 27.2 Å². The Morgan fingerprint density at radius 2 is 1.89 bits per heavy atom. The number of non-ortho nitro benzene ring substituents is 1. The van der Waals surface area contributed by atoms with Gasteiger partial charge in [-0.05, 0) is 30.2 Å². The minimum atomic E-state index is -0.540. The van der Waals surface area contributed by atoms with Crippen LogP contribution in [0.3, 0.4) is 0 Å². The summed E-state index contributed by atoms with van der Waals surface area (Å²) in [6.45, 7) is 6.25. The number of nitrogens with zero attached hydrogens (tertiary/aromatic N) is 2. The molecule has 1 N–H and O–H groups in total. The van der Waals surface area contributed by atoms with Crippen LogP contribution in [0.1, 0.15) is 36.7 Å². The third-order valence-corrected chi connectivity index (χ3v) is 4.44. The van der Waals surface area contributed by atoms with Gasteiger partial charge in [0.15, 0.2) is 0 Å². The molecule has 0 spiro atoms. The molecule has 0 atom stereocenters. The highest BCUT2D eigenvalue weighted by atomic mass is 16.6. The number of amides is 2. The van der Waals surface area contributed by atoms with Crippen molar-refractivity contribution in [2.24, 2.45) is 5.41 Å². The van der Waals surface area contributed by atoms with Crippen LogP contribution in [0.4, 0.5) is 17.1 Å². The molecule has 0 aromatic heterocycles. The second kappa shape index (κ2) is 6.83. The summed E-state index contributed by atoms with van der Waals surface area (Å²) in [5, 5.41) is 13.6. The number of fused-ring (bicyclic) bond motifs is 1. The second-order valence-corrected chi connectivity index (χ2v) is 7.56. The van der Waals surface area contributed by atoms with Crippen molar-refractivity contribution in [3.05, 3.63) is 63.7 Å². The molecular formula is C20H21N3O4. The molecule has 0 radical (unpaired) electrons. The second-order valence-electron chi connectivity index (χ2n) is 7.56. The molecule has 0 bridgehead atoms. The number of anilines is 2. The first kappa shape index (κ1) is 18.6. The minimum absolute atomic E-state index is 0.0309. The van der Waals surface area contributed by atoms with Crippen LogP contribution in [0.5, 0.6) is 0 Å². The van der Waals surface area contributed by atoms with Crippen molar-refractivity contribution in [3.8, 4) is 0 Å². The standard InChI is InChI=1S/C20H21N3O4/c1-20(2,3)19(25)22-10-9-13-7-8-15(12-17(13)22)21-18(24)14-5-4-6-16(11-14)23(26)27/h4-8,11-12H,9-10H2,1-3H3,(H,21,24). The third kappa shape index (κ3) is 3.81. The maximum Gasteiger partial charge on any atom is 0.270 e. The maximum atomic E-state index is 12.7. The molecule has 1 aliphatic rings. The van der Waals surface area contributed by atoms with Gasteiger partial charge >= 0.3 is 0 Å². The van der Waals surface area contributed by atoms with Crippen LogP contribution in [0.25, 0.3) is 0 Å². The molecule has 7 heteroatoms. The fourth-order valence-corrected chi connectivity index (χ4v) is 3.04. The van der Waals surface area contributed by atoms with Crippen LogP contribution in [0.2, 0.25) is 0 Å². The lowest BCUT2D eigenvalue weighted by Crippen LogP contribution is -2.38. The number of hydrogen-bond donors (Lipinski definition) is 1. The van der Waals surface area contributed by atoms with Gasteiger partial charge in [-0.1, -0.05) is 32.9 Å². The van der Waals surface area contributed by atoms with Crippen LogP contribution < -0.4 is 10.2 Å². The summed E-state index contributed by atoms with van der Waals surface area (Å²) in [5.74, 6) is -0.409. The summed E-state index contributed by atoms with van der Waals surface area (Å²) in [4.78, 5) is 37.2. The Balaban J connectivity index is 1.83. The number of hydrogen-bond acceptors (Lipinski definition) is 4. The molecule has 1 heterocycles. The number of nitrogens with one attached hydrogen (secondary N) is 1. The Morgan fingerprint density at radius 1 is 1.15 bits per heavy atom. The zero-order chi connectivity index (χ0) is 19.8. The molecule has 0 saturated carbocycles. The topological polar surface area (TPSA) is 92.6 Å².